The van der Waals surface area contributed by atoms with E-state index >= 15 is 0 Å². The zero-order chi connectivity index (χ0) is 13.8. The molecule has 19 heavy (non-hydrogen) atoms. The van der Waals surface area contributed by atoms with Gasteiger partial charge in [-0.3, -0.25) is 9.78 Å². The van der Waals surface area contributed by atoms with E-state index in [0.29, 0.717) is 0 Å². The highest BCUT2D eigenvalue weighted by atomic mass is 35.5. The van der Waals surface area contributed by atoms with Gasteiger partial charge in [-0.1, -0.05) is 23.2 Å². The Morgan fingerprint density at radius 3 is 2.58 bits per heavy atom. The first kappa shape index (κ1) is 13.8. The Morgan fingerprint density at radius 1 is 1.21 bits per heavy atom. The number of nitrogens with zero attached hydrogens (tertiary/aromatic N) is 2. The van der Waals surface area contributed by atoms with E-state index in [9.17, 15) is 4.79 Å². The lowest BCUT2D eigenvalue weighted by molar-refractivity contribution is 0.0935. The lowest BCUT2D eigenvalue weighted by Gasteiger charge is -2.14. The van der Waals surface area contributed by atoms with Gasteiger partial charge in [-0.05, 0) is 36.8 Å². The fourth-order valence-corrected chi connectivity index (χ4v) is 1.92. The summed E-state index contributed by atoms with van der Waals surface area (Å²) < 4.78 is 0. The predicted molar refractivity (Wildman–Crippen MR) is 74.4 cm³/mol. The molecule has 1 N–H and O–H groups in total. The summed E-state index contributed by atoms with van der Waals surface area (Å²) in [5, 5.41) is 3.30. The molecule has 0 saturated heterocycles. The van der Waals surface area contributed by atoms with Gasteiger partial charge < -0.3 is 5.32 Å². The molecule has 1 atom stereocenters. The van der Waals surface area contributed by atoms with Gasteiger partial charge in [0, 0.05) is 12.4 Å². The summed E-state index contributed by atoms with van der Waals surface area (Å²) in [5.74, 6) is -0.364. The quantitative estimate of drug-likeness (QED) is 0.884. The average molecular weight is 296 g/mol. The molecule has 2 rings (SSSR count). The van der Waals surface area contributed by atoms with Crippen LogP contribution in [0.2, 0.25) is 10.2 Å². The first-order valence-electron chi connectivity index (χ1n) is 5.61. The molecule has 0 saturated carbocycles. The van der Waals surface area contributed by atoms with Gasteiger partial charge in [-0.25, -0.2) is 4.98 Å². The van der Waals surface area contributed by atoms with Crippen LogP contribution in [0.25, 0.3) is 0 Å². The van der Waals surface area contributed by atoms with Crippen molar-refractivity contribution in [3.8, 4) is 0 Å². The van der Waals surface area contributed by atoms with Crippen LogP contribution >= 0.6 is 23.2 Å². The van der Waals surface area contributed by atoms with Crippen LogP contribution < -0.4 is 5.32 Å². The van der Waals surface area contributed by atoms with Crippen molar-refractivity contribution in [2.75, 3.05) is 0 Å². The van der Waals surface area contributed by atoms with Crippen LogP contribution in [0.4, 0.5) is 0 Å². The van der Waals surface area contributed by atoms with Crippen LogP contribution in [-0.4, -0.2) is 15.9 Å². The van der Waals surface area contributed by atoms with Crippen LogP contribution in [-0.2, 0) is 0 Å². The standard InChI is InChI=1S/C13H11Cl2N3O/c1-8(9-4-6-16-7-5-9)17-13(19)12-10(14)2-3-11(15)18-12/h2-8H,1H3,(H,17,19). The highest BCUT2D eigenvalue weighted by Gasteiger charge is 2.16. The molecule has 0 aromatic carbocycles. The minimum absolute atomic E-state index is 0.120. The molecule has 6 heteroatoms. The number of halogens is 2. The Labute approximate surface area is 120 Å². The van der Waals surface area contributed by atoms with Crippen molar-refractivity contribution in [3.63, 3.8) is 0 Å². The van der Waals surface area contributed by atoms with Gasteiger partial charge >= 0.3 is 0 Å². The van der Waals surface area contributed by atoms with E-state index in [1.807, 2.05) is 19.1 Å². The summed E-state index contributed by atoms with van der Waals surface area (Å²) in [5.41, 5.74) is 1.07. The van der Waals surface area contributed by atoms with E-state index in [1.165, 1.54) is 6.07 Å². The average Bonchev–Trinajstić information content (AvgIpc) is 2.42. The molecular formula is C13H11Cl2N3O. The molecule has 1 amide bonds. The fraction of sp³-hybridized carbons (Fsp3) is 0.154. The zero-order valence-electron chi connectivity index (χ0n) is 10.1. The second-order valence-electron chi connectivity index (χ2n) is 3.94. The number of pyridine rings is 2. The fourth-order valence-electron chi connectivity index (χ4n) is 1.58. The Balaban J connectivity index is 2.15. The number of amides is 1. The van der Waals surface area contributed by atoms with E-state index in [2.05, 4.69) is 15.3 Å². The van der Waals surface area contributed by atoms with Gasteiger partial charge in [0.2, 0.25) is 0 Å². The van der Waals surface area contributed by atoms with Crippen LogP contribution in [0.3, 0.4) is 0 Å². The number of hydrogen-bond acceptors (Lipinski definition) is 3. The van der Waals surface area contributed by atoms with E-state index in [0.717, 1.165) is 5.56 Å². The maximum absolute atomic E-state index is 12.1. The van der Waals surface area contributed by atoms with Crippen LogP contribution in [0.5, 0.6) is 0 Å². The normalized spacial score (nSPS) is 11.9. The SMILES string of the molecule is CC(NC(=O)c1nc(Cl)ccc1Cl)c1ccncc1. The van der Waals surface area contributed by atoms with Crippen molar-refractivity contribution in [1.29, 1.82) is 0 Å². The Kier molecular flexibility index (Phi) is 4.35. The second-order valence-corrected chi connectivity index (χ2v) is 4.73. The van der Waals surface area contributed by atoms with Crippen molar-refractivity contribution in [1.82, 2.24) is 15.3 Å². The van der Waals surface area contributed by atoms with Gasteiger partial charge in [-0.15, -0.1) is 0 Å². The third-order valence-corrected chi connectivity index (χ3v) is 3.10. The summed E-state index contributed by atoms with van der Waals surface area (Å²) in [6.07, 6.45) is 3.34. The Hall–Kier alpha value is -1.65. The van der Waals surface area contributed by atoms with Gasteiger partial charge in [0.05, 0.1) is 11.1 Å². The maximum Gasteiger partial charge on any atom is 0.271 e. The summed E-state index contributed by atoms with van der Waals surface area (Å²) in [6.45, 7) is 1.87. The summed E-state index contributed by atoms with van der Waals surface area (Å²) in [7, 11) is 0. The third kappa shape index (κ3) is 3.43. The first-order chi connectivity index (χ1) is 9.08. The summed E-state index contributed by atoms with van der Waals surface area (Å²) >= 11 is 11.7. The number of carbonyl (C=O) groups excluding carboxylic acids is 1. The van der Waals surface area contributed by atoms with Crippen molar-refractivity contribution in [3.05, 3.63) is 58.1 Å². The molecule has 0 fully saturated rings. The lowest BCUT2D eigenvalue weighted by Crippen LogP contribution is -2.27. The molecular weight excluding hydrogens is 285 g/mol. The van der Waals surface area contributed by atoms with Crippen LogP contribution in [0.15, 0.2) is 36.7 Å². The topological polar surface area (TPSA) is 54.9 Å². The smallest absolute Gasteiger partial charge is 0.271 e. The number of rotatable bonds is 3. The third-order valence-electron chi connectivity index (χ3n) is 2.58. The van der Waals surface area contributed by atoms with Crippen molar-refractivity contribution >= 4 is 29.1 Å². The number of nitrogens with one attached hydrogen (secondary N) is 1. The molecule has 0 aliphatic rings. The van der Waals surface area contributed by atoms with Crippen LogP contribution in [0.1, 0.15) is 29.0 Å². The number of carbonyl (C=O) groups is 1. The molecule has 0 bridgehead atoms. The zero-order valence-corrected chi connectivity index (χ0v) is 11.6. The molecule has 1 unspecified atom stereocenters. The molecule has 4 nitrogen and oxygen atoms in total. The first-order valence-corrected chi connectivity index (χ1v) is 6.36. The highest BCUT2D eigenvalue weighted by Crippen LogP contribution is 2.18. The largest absolute Gasteiger partial charge is 0.344 e. The van der Waals surface area contributed by atoms with E-state index < -0.39 is 0 Å². The van der Waals surface area contributed by atoms with E-state index in [-0.39, 0.29) is 27.8 Å². The predicted octanol–water partition coefficient (Wildman–Crippen LogP) is 3.27. The van der Waals surface area contributed by atoms with Gasteiger partial charge in [0.1, 0.15) is 10.8 Å². The molecule has 2 aromatic heterocycles. The Morgan fingerprint density at radius 2 is 1.89 bits per heavy atom. The van der Waals surface area contributed by atoms with Gasteiger partial charge in [0.15, 0.2) is 0 Å². The molecule has 2 heterocycles. The second kappa shape index (κ2) is 5.99. The van der Waals surface area contributed by atoms with E-state index in [4.69, 9.17) is 23.2 Å². The maximum atomic E-state index is 12.1. The monoisotopic (exact) mass is 295 g/mol. The number of hydrogen-bond donors (Lipinski definition) is 1. The van der Waals surface area contributed by atoms with E-state index in [1.54, 1.807) is 18.5 Å². The molecule has 0 aliphatic heterocycles. The molecule has 0 aliphatic carbocycles. The molecule has 0 radical (unpaired) electrons. The van der Waals surface area contributed by atoms with Crippen molar-refractivity contribution in [2.24, 2.45) is 0 Å². The summed E-state index contributed by atoms with van der Waals surface area (Å²) in [4.78, 5) is 19.9. The van der Waals surface area contributed by atoms with Gasteiger partial charge in [0.25, 0.3) is 5.91 Å². The number of aromatic nitrogens is 2. The molecule has 2 aromatic rings. The highest BCUT2D eigenvalue weighted by molar-refractivity contribution is 6.34. The van der Waals surface area contributed by atoms with Gasteiger partial charge in [-0.2, -0.15) is 0 Å². The summed E-state index contributed by atoms with van der Waals surface area (Å²) in [6, 6.07) is 6.57. The van der Waals surface area contributed by atoms with Crippen molar-refractivity contribution < 1.29 is 4.79 Å². The minimum Gasteiger partial charge on any atom is -0.344 e. The lowest BCUT2D eigenvalue weighted by atomic mass is 10.1. The van der Waals surface area contributed by atoms with Crippen molar-refractivity contribution in [2.45, 2.75) is 13.0 Å². The minimum atomic E-state index is -0.364. The molecule has 0 spiro atoms. The van der Waals surface area contributed by atoms with Crippen LogP contribution in [0, 0.1) is 0 Å². The molecule has 98 valence electrons. The Bertz CT molecular complexity index is 590.